The lowest BCUT2D eigenvalue weighted by Gasteiger charge is -2.10. The van der Waals surface area contributed by atoms with Gasteiger partial charge >= 0.3 is 0 Å². The molecule has 0 saturated heterocycles. The number of amides is 1. The van der Waals surface area contributed by atoms with E-state index in [0.29, 0.717) is 11.6 Å². The highest BCUT2D eigenvalue weighted by Crippen LogP contribution is 2.19. The fraction of sp³-hybridized carbons (Fsp3) is 0.278. The topological polar surface area (TPSA) is 41.1 Å². The van der Waals surface area contributed by atoms with Crippen LogP contribution >= 0.6 is 11.6 Å². The summed E-state index contributed by atoms with van der Waals surface area (Å²) in [7, 11) is 0. The molecular weight excluding hydrogens is 296 g/mol. The van der Waals surface area contributed by atoms with Crippen molar-refractivity contribution in [2.45, 2.75) is 19.8 Å². The van der Waals surface area contributed by atoms with Crippen molar-refractivity contribution >= 4 is 23.2 Å². The molecule has 0 aliphatic rings. The zero-order valence-electron chi connectivity index (χ0n) is 12.7. The third kappa shape index (κ3) is 5.41. The first-order chi connectivity index (χ1) is 10.6. The van der Waals surface area contributed by atoms with Crippen LogP contribution in [0.2, 0.25) is 5.02 Å². The number of carbonyl (C=O) groups is 1. The van der Waals surface area contributed by atoms with Crippen molar-refractivity contribution in [1.82, 2.24) is 5.32 Å². The molecule has 0 saturated carbocycles. The fourth-order valence-corrected chi connectivity index (χ4v) is 2.36. The number of nitrogens with one attached hydrogen (secondary N) is 2. The van der Waals surface area contributed by atoms with Crippen LogP contribution in [0.15, 0.2) is 48.5 Å². The minimum absolute atomic E-state index is 0.00700. The van der Waals surface area contributed by atoms with E-state index in [2.05, 4.69) is 22.8 Å². The average molecular weight is 317 g/mol. The molecule has 0 fully saturated rings. The number of carbonyl (C=O) groups excluding carboxylic acids is 1. The number of hydrogen-bond donors (Lipinski definition) is 2. The summed E-state index contributed by atoms with van der Waals surface area (Å²) in [6.45, 7) is 2.92. The number of benzene rings is 2. The molecule has 3 nitrogen and oxygen atoms in total. The van der Waals surface area contributed by atoms with E-state index in [1.807, 2.05) is 43.3 Å². The van der Waals surface area contributed by atoms with E-state index in [1.54, 1.807) is 0 Å². The second kappa shape index (κ2) is 8.44. The summed E-state index contributed by atoms with van der Waals surface area (Å²) in [4.78, 5) is 11.8. The Morgan fingerprint density at radius 3 is 2.68 bits per heavy atom. The van der Waals surface area contributed by atoms with E-state index in [9.17, 15) is 4.79 Å². The van der Waals surface area contributed by atoms with Crippen molar-refractivity contribution in [3.63, 3.8) is 0 Å². The highest BCUT2D eigenvalue weighted by Gasteiger charge is 2.03. The van der Waals surface area contributed by atoms with Gasteiger partial charge in [-0.2, -0.15) is 0 Å². The normalized spacial score (nSPS) is 10.3. The van der Waals surface area contributed by atoms with Gasteiger partial charge in [0.1, 0.15) is 0 Å². The largest absolute Gasteiger partial charge is 0.376 e. The van der Waals surface area contributed by atoms with Gasteiger partial charge in [-0.05, 0) is 43.0 Å². The van der Waals surface area contributed by atoms with Gasteiger partial charge in [-0.25, -0.2) is 0 Å². The van der Waals surface area contributed by atoms with Gasteiger partial charge in [0.25, 0.3) is 0 Å². The van der Waals surface area contributed by atoms with Crippen molar-refractivity contribution in [2.75, 3.05) is 18.4 Å². The van der Waals surface area contributed by atoms with Gasteiger partial charge in [-0.15, -0.1) is 0 Å². The monoisotopic (exact) mass is 316 g/mol. The van der Waals surface area contributed by atoms with Gasteiger partial charge in [0, 0.05) is 17.3 Å². The first kappa shape index (κ1) is 16.4. The van der Waals surface area contributed by atoms with Crippen LogP contribution in [-0.4, -0.2) is 19.0 Å². The number of aryl methyl sites for hydroxylation is 2. The lowest BCUT2D eigenvalue weighted by Crippen LogP contribution is -2.30. The minimum Gasteiger partial charge on any atom is -0.376 e. The first-order valence-electron chi connectivity index (χ1n) is 7.46. The predicted octanol–water partition coefficient (Wildman–Crippen LogP) is 3.81. The van der Waals surface area contributed by atoms with E-state index in [4.69, 9.17) is 11.6 Å². The van der Waals surface area contributed by atoms with Gasteiger partial charge < -0.3 is 10.6 Å². The molecular formula is C18H21ClN2O. The number of rotatable bonds is 7. The average Bonchev–Trinajstić information content (AvgIpc) is 2.53. The zero-order chi connectivity index (χ0) is 15.8. The summed E-state index contributed by atoms with van der Waals surface area (Å²) in [6, 6.07) is 15.9. The second-order valence-electron chi connectivity index (χ2n) is 5.25. The summed E-state index contributed by atoms with van der Waals surface area (Å²) in [6.07, 6.45) is 1.91. The van der Waals surface area contributed by atoms with E-state index in [-0.39, 0.29) is 12.5 Å². The van der Waals surface area contributed by atoms with E-state index >= 15 is 0 Å². The predicted molar refractivity (Wildman–Crippen MR) is 92.5 cm³/mol. The van der Waals surface area contributed by atoms with E-state index in [1.165, 1.54) is 5.56 Å². The van der Waals surface area contributed by atoms with Crippen LogP contribution < -0.4 is 10.6 Å². The molecule has 4 heteroatoms. The van der Waals surface area contributed by atoms with Crippen LogP contribution in [0, 0.1) is 6.92 Å². The SMILES string of the molecule is Cc1ccc(Cl)cc1NCC(=O)NCCCc1ccccc1. The van der Waals surface area contributed by atoms with Crippen LogP contribution in [0.4, 0.5) is 5.69 Å². The summed E-state index contributed by atoms with van der Waals surface area (Å²) in [5, 5.41) is 6.70. The van der Waals surface area contributed by atoms with Gasteiger partial charge in [0.05, 0.1) is 6.54 Å². The maximum Gasteiger partial charge on any atom is 0.239 e. The standard InChI is InChI=1S/C18H21ClN2O/c1-14-9-10-16(19)12-17(14)21-13-18(22)20-11-5-8-15-6-3-2-4-7-15/h2-4,6-7,9-10,12,21H,5,8,11,13H2,1H3,(H,20,22). The Morgan fingerprint density at radius 1 is 1.14 bits per heavy atom. The smallest absolute Gasteiger partial charge is 0.239 e. The van der Waals surface area contributed by atoms with Crippen molar-refractivity contribution < 1.29 is 4.79 Å². The lowest BCUT2D eigenvalue weighted by atomic mass is 10.1. The van der Waals surface area contributed by atoms with Crippen molar-refractivity contribution in [3.8, 4) is 0 Å². The van der Waals surface area contributed by atoms with Gasteiger partial charge in [-0.1, -0.05) is 48.0 Å². The van der Waals surface area contributed by atoms with E-state index in [0.717, 1.165) is 24.1 Å². The summed E-state index contributed by atoms with van der Waals surface area (Å²) < 4.78 is 0. The molecule has 0 spiro atoms. The molecule has 2 rings (SSSR count). The van der Waals surface area contributed by atoms with Crippen LogP contribution in [0.1, 0.15) is 17.5 Å². The van der Waals surface area contributed by atoms with Gasteiger partial charge in [-0.3, -0.25) is 4.79 Å². The quantitative estimate of drug-likeness (QED) is 0.763. The Labute approximate surface area is 136 Å². The molecule has 2 N–H and O–H groups in total. The van der Waals surface area contributed by atoms with Crippen LogP contribution in [-0.2, 0) is 11.2 Å². The maximum absolute atomic E-state index is 11.8. The molecule has 1 amide bonds. The maximum atomic E-state index is 11.8. The highest BCUT2D eigenvalue weighted by molar-refractivity contribution is 6.30. The van der Waals surface area contributed by atoms with Crippen molar-refractivity contribution in [3.05, 3.63) is 64.7 Å². The molecule has 2 aromatic rings. The fourth-order valence-electron chi connectivity index (χ4n) is 2.19. The molecule has 0 aliphatic heterocycles. The molecule has 0 unspecified atom stereocenters. The molecule has 0 radical (unpaired) electrons. The summed E-state index contributed by atoms with van der Waals surface area (Å²) in [5.74, 6) is -0.00700. The molecule has 0 bridgehead atoms. The Kier molecular flexibility index (Phi) is 6.28. The van der Waals surface area contributed by atoms with Crippen LogP contribution in [0.5, 0.6) is 0 Å². The first-order valence-corrected chi connectivity index (χ1v) is 7.83. The number of hydrogen-bond acceptors (Lipinski definition) is 2. The number of anilines is 1. The van der Waals surface area contributed by atoms with Crippen molar-refractivity contribution in [2.24, 2.45) is 0 Å². The molecule has 0 atom stereocenters. The van der Waals surface area contributed by atoms with Gasteiger partial charge in [0.15, 0.2) is 0 Å². The Bertz CT molecular complexity index is 614. The molecule has 22 heavy (non-hydrogen) atoms. The van der Waals surface area contributed by atoms with Crippen molar-refractivity contribution in [1.29, 1.82) is 0 Å². The Balaban J connectivity index is 1.67. The number of halogens is 1. The molecule has 2 aromatic carbocycles. The molecule has 0 aromatic heterocycles. The zero-order valence-corrected chi connectivity index (χ0v) is 13.5. The molecule has 116 valence electrons. The Morgan fingerprint density at radius 2 is 1.91 bits per heavy atom. The third-order valence-corrected chi connectivity index (χ3v) is 3.68. The van der Waals surface area contributed by atoms with E-state index < -0.39 is 0 Å². The Hall–Kier alpha value is -2.00. The second-order valence-corrected chi connectivity index (χ2v) is 5.69. The molecule has 0 heterocycles. The summed E-state index contributed by atoms with van der Waals surface area (Å²) >= 11 is 5.95. The summed E-state index contributed by atoms with van der Waals surface area (Å²) in [5.41, 5.74) is 3.26. The minimum atomic E-state index is -0.00700. The van der Waals surface area contributed by atoms with Crippen LogP contribution in [0.3, 0.4) is 0 Å². The van der Waals surface area contributed by atoms with Gasteiger partial charge in [0.2, 0.25) is 5.91 Å². The van der Waals surface area contributed by atoms with Crippen LogP contribution in [0.25, 0.3) is 0 Å². The third-order valence-electron chi connectivity index (χ3n) is 3.45. The highest BCUT2D eigenvalue weighted by atomic mass is 35.5. The lowest BCUT2D eigenvalue weighted by molar-refractivity contribution is -0.119. The molecule has 0 aliphatic carbocycles.